The van der Waals surface area contributed by atoms with Crippen molar-refractivity contribution in [3.05, 3.63) is 52.9 Å². The number of amides is 1. The van der Waals surface area contributed by atoms with Gasteiger partial charge in [0.05, 0.1) is 6.04 Å². The molecule has 26 heavy (non-hydrogen) atoms. The van der Waals surface area contributed by atoms with E-state index in [0.29, 0.717) is 12.2 Å². The van der Waals surface area contributed by atoms with Crippen LogP contribution in [0, 0.1) is 5.82 Å². The molecule has 0 bridgehead atoms. The molecule has 4 rings (SSSR count). The van der Waals surface area contributed by atoms with Gasteiger partial charge in [-0.2, -0.15) is 0 Å². The molecule has 1 N–H and O–H groups in total. The maximum absolute atomic E-state index is 13.6. The molecule has 3 heterocycles. The smallest absolute Gasteiger partial charge is 0.274 e. The highest BCUT2D eigenvalue weighted by atomic mass is 35.5. The summed E-state index contributed by atoms with van der Waals surface area (Å²) in [5, 5.41) is 3.32. The largest absolute Gasteiger partial charge is 0.333 e. The minimum Gasteiger partial charge on any atom is -0.333 e. The van der Waals surface area contributed by atoms with Crippen molar-refractivity contribution in [2.75, 3.05) is 19.6 Å². The van der Waals surface area contributed by atoms with Crippen LogP contribution in [0.2, 0.25) is 0 Å². The molecule has 0 spiro atoms. The number of rotatable bonds is 1. The Kier molecular flexibility index (Phi) is 6.66. The van der Waals surface area contributed by atoms with Crippen LogP contribution in [0.25, 0.3) is 0 Å². The molecule has 8 heteroatoms. The number of halogens is 3. The van der Waals surface area contributed by atoms with Crippen LogP contribution in [-0.2, 0) is 19.4 Å². The summed E-state index contributed by atoms with van der Waals surface area (Å²) in [6.45, 7) is 5.21. The lowest BCUT2D eigenvalue weighted by atomic mass is 9.93. The third kappa shape index (κ3) is 3.72. The average Bonchev–Trinajstić information content (AvgIpc) is 2.86. The standard InChI is InChI=1S/C18H21FN4O.2ClH/c1-12-15-10-14(19)3-2-13(15)5-8-23(12)18(24)16-11-22-9-7-20-6-4-17(22)21-16;;/h2-3,10-12,20H,4-9H2,1H3;2*1H. The zero-order chi connectivity index (χ0) is 16.7. The molecule has 1 aromatic carbocycles. The van der Waals surface area contributed by atoms with Gasteiger partial charge in [-0.15, -0.1) is 24.8 Å². The number of hydrogen-bond donors (Lipinski definition) is 1. The van der Waals surface area contributed by atoms with E-state index in [9.17, 15) is 9.18 Å². The molecule has 2 aliphatic heterocycles. The fraction of sp³-hybridized carbons (Fsp3) is 0.444. The van der Waals surface area contributed by atoms with E-state index in [2.05, 4.69) is 14.9 Å². The van der Waals surface area contributed by atoms with Crippen LogP contribution >= 0.6 is 24.8 Å². The van der Waals surface area contributed by atoms with Gasteiger partial charge >= 0.3 is 0 Å². The lowest BCUT2D eigenvalue weighted by molar-refractivity contribution is 0.0671. The SMILES string of the molecule is CC1c2cc(F)ccc2CCN1C(=O)c1cn2c(n1)CCNCC2.Cl.Cl. The van der Waals surface area contributed by atoms with E-state index in [1.165, 1.54) is 6.07 Å². The number of nitrogens with zero attached hydrogens (tertiary/aromatic N) is 3. The number of fused-ring (bicyclic) bond motifs is 2. The summed E-state index contributed by atoms with van der Waals surface area (Å²) in [6.07, 6.45) is 3.44. The molecule has 0 radical (unpaired) electrons. The maximum atomic E-state index is 13.6. The molecular weight excluding hydrogens is 378 g/mol. The Hall–Kier alpha value is -1.63. The van der Waals surface area contributed by atoms with Crippen molar-refractivity contribution in [1.29, 1.82) is 0 Å². The van der Waals surface area contributed by atoms with Gasteiger partial charge < -0.3 is 14.8 Å². The molecule has 1 aromatic heterocycles. The van der Waals surface area contributed by atoms with Gasteiger partial charge in [-0.3, -0.25) is 4.79 Å². The Morgan fingerprint density at radius 2 is 2.04 bits per heavy atom. The fourth-order valence-electron chi connectivity index (χ4n) is 3.68. The van der Waals surface area contributed by atoms with Crippen LogP contribution in [0.5, 0.6) is 0 Å². The highest BCUT2D eigenvalue weighted by molar-refractivity contribution is 5.92. The van der Waals surface area contributed by atoms with Gasteiger partial charge in [-0.25, -0.2) is 9.37 Å². The van der Waals surface area contributed by atoms with Crippen LogP contribution in [0.4, 0.5) is 4.39 Å². The van der Waals surface area contributed by atoms with E-state index in [1.807, 2.05) is 24.1 Å². The lowest BCUT2D eigenvalue weighted by Crippen LogP contribution is -2.39. The molecule has 0 saturated carbocycles. The maximum Gasteiger partial charge on any atom is 0.274 e. The first-order valence-electron chi connectivity index (χ1n) is 8.49. The molecule has 1 atom stereocenters. The van der Waals surface area contributed by atoms with Crippen LogP contribution in [0.3, 0.4) is 0 Å². The molecule has 1 amide bonds. The second-order valence-electron chi connectivity index (χ2n) is 6.50. The van der Waals surface area contributed by atoms with Gasteiger partial charge in [0.2, 0.25) is 0 Å². The normalized spacial score (nSPS) is 18.7. The molecule has 5 nitrogen and oxygen atoms in total. The molecule has 1 unspecified atom stereocenters. The van der Waals surface area contributed by atoms with E-state index in [0.717, 1.165) is 49.4 Å². The Bertz CT molecular complexity index is 772. The molecule has 0 aliphatic carbocycles. The van der Waals surface area contributed by atoms with Crippen molar-refractivity contribution in [2.45, 2.75) is 32.4 Å². The van der Waals surface area contributed by atoms with E-state index in [-0.39, 0.29) is 42.6 Å². The highest BCUT2D eigenvalue weighted by Crippen LogP contribution is 2.31. The first kappa shape index (κ1) is 20.7. The first-order valence-corrected chi connectivity index (χ1v) is 8.49. The quantitative estimate of drug-likeness (QED) is 0.800. The summed E-state index contributed by atoms with van der Waals surface area (Å²) < 4.78 is 15.7. The number of carbonyl (C=O) groups excluding carboxylic acids is 1. The molecule has 142 valence electrons. The highest BCUT2D eigenvalue weighted by Gasteiger charge is 2.30. The van der Waals surface area contributed by atoms with Crippen LogP contribution < -0.4 is 5.32 Å². The lowest BCUT2D eigenvalue weighted by Gasteiger charge is -2.34. The molecular formula is C18H23Cl2FN4O. The molecule has 0 fully saturated rings. The van der Waals surface area contributed by atoms with Crippen LogP contribution in [-0.4, -0.2) is 40.0 Å². The minimum atomic E-state index is -0.254. The number of nitrogens with one attached hydrogen (secondary N) is 1. The number of benzene rings is 1. The summed E-state index contributed by atoms with van der Waals surface area (Å²) in [6, 6.07) is 4.73. The van der Waals surface area contributed by atoms with Gasteiger partial charge in [-0.05, 0) is 36.6 Å². The van der Waals surface area contributed by atoms with Gasteiger partial charge in [0.15, 0.2) is 0 Å². The topological polar surface area (TPSA) is 50.2 Å². The van der Waals surface area contributed by atoms with Crippen LogP contribution in [0.15, 0.2) is 24.4 Å². The number of imidazole rings is 1. The van der Waals surface area contributed by atoms with Crippen LogP contribution in [0.1, 0.15) is 40.4 Å². The second-order valence-corrected chi connectivity index (χ2v) is 6.50. The third-order valence-corrected chi connectivity index (χ3v) is 5.04. The summed E-state index contributed by atoms with van der Waals surface area (Å²) >= 11 is 0. The fourth-order valence-corrected chi connectivity index (χ4v) is 3.68. The van der Waals surface area contributed by atoms with Crippen molar-refractivity contribution < 1.29 is 9.18 Å². The van der Waals surface area contributed by atoms with Gasteiger partial charge in [0, 0.05) is 38.8 Å². The zero-order valence-corrected chi connectivity index (χ0v) is 16.2. The zero-order valence-electron chi connectivity index (χ0n) is 14.6. The average molecular weight is 401 g/mol. The third-order valence-electron chi connectivity index (χ3n) is 5.04. The minimum absolute atomic E-state index is 0. The van der Waals surface area contributed by atoms with E-state index in [1.54, 1.807) is 6.07 Å². The molecule has 2 aliphatic rings. The molecule has 0 saturated heterocycles. The van der Waals surface area contributed by atoms with Crippen molar-refractivity contribution in [1.82, 2.24) is 19.8 Å². The van der Waals surface area contributed by atoms with Crippen molar-refractivity contribution in [2.24, 2.45) is 0 Å². The van der Waals surface area contributed by atoms with E-state index >= 15 is 0 Å². The number of carbonyl (C=O) groups is 1. The Labute approximate surface area is 164 Å². The monoisotopic (exact) mass is 400 g/mol. The van der Waals surface area contributed by atoms with Crippen molar-refractivity contribution in [3.8, 4) is 0 Å². The summed E-state index contributed by atoms with van der Waals surface area (Å²) in [4.78, 5) is 19.3. The Morgan fingerprint density at radius 1 is 1.23 bits per heavy atom. The van der Waals surface area contributed by atoms with E-state index in [4.69, 9.17) is 0 Å². The predicted octanol–water partition coefficient (Wildman–Crippen LogP) is 2.77. The summed E-state index contributed by atoms with van der Waals surface area (Å²) in [5.41, 5.74) is 2.53. The van der Waals surface area contributed by atoms with Gasteiger partial charge in [-0.1, -0.05) is 6.07 Å². The van der Waals surface area contributed by atoms with E-state index < -0.39 is 0 Å². The van der Waals surface area contributed by atoms with Gasteiger partial charge in [0.1, 0.15) is 17.3 Å². The number of hydrogen-bond acceptors (Lipinski definition) is 3. The first-order chi connectivity index (χ1) is 11.6. The molecule has 2 aromatic rings. The summed E-state index contributed by atoms with van der Waals surface area (Å²) in [7, 11) is 0. The number of aromatic nitrogens is 2. The Morgan fingerprint density at radius 3 is 2.85 bits per heavy atom. The second kappa shape index (κ2) is 8.37. The van der Waals surface area contributed by atoms with Crippen molar-refractivity contribution in [3.63, 3.8) is 0 Å². The van der Waals surface area contributed by atoms with Crippen molar-refractivity contribution >= 4 is 30.7 Å². The summed E-state index contributed by atoms with van der Waals surface area (Å²) in [5.74, 6) is 0.640. The Balaban J connectivity index is 0.00000121. The van der Waals surface area contributed by atoms with Gasteiger partial charge in [0.25, 0.3) is 5.91 Å². The predicted molar refractivity (Wildman–Crippen MR) is 103 cm³/mol.